The molecule has 0 aliphatic heterocycles. The van der Waals surface area contributed by atoms with Gasteiger partial charge in [0.05, 0.1) is 5.60 Å². The van der Waals surface area contributed by atoms with E-state index in [9.17, 15) is 5.11 Å². The number of aliphatic hydroxyl groups is 1. The number of hydrogen-bond donors (Lipinski definition) is 1. The van der Waals surface area contributed by atoms with Gasteiger partial charge in [-0.25, -0.2) is 0 Å². The molecule has 0 atom stereocenters. The van der Waals surface area contributed by atoms with Gasteiger partial charge in [-0.3, -0.25) is 0 Å². The molecule has 0 fully saturated rings. The van der Waals surface area contributed by atoms with Gasteiger partial charge in [0, 0.05) is 39.5 Å². The maximum absolute atomic E-state index is 14.2. The fraction of sp³-hybridized carbons (Fsp3) is 0.785. The Kier molecular flexibility index (Phi) is 27.6. The van der Waals surface area contributed by atoms with Crippen molar-refractivity contribution < 1.29 is 5.11 Å². The van der Waals surface area contributed by atoms with Gasteiger partial charge < -0.3 is 5.11 Å². The molecule has 0 saturated heterocycles. The fourth-order valence-corrected chi connectivity index (χ4v) is 28.3. The highest BCUT2D eigenvalue weighted by Crippen LogP contribution is 2.65. The second-order valence-electron chi connectivity index (χ2n) is 24.0. The average molecular weight is 1060 g/mol. The van der Waals surface area contributed by atoms with Crippen molar-refractivity contribution in [3.8, 4) is 0 Å². The summed E-state index contributed by atoms with van der Waals surface area (Å²) in [6.45, 7) is 24.7. The molecule has 0 radical (unpaired) electrons. The minimum atomic E-state index is -1.89. The summed E-state index contributed by atoms with van der Waals surface area (Å²) in [6, 6.07) is 7.77. The molecule has 0 saturated carbocycles. The molecular formula is C65H110OS4Si. The molecular weight excluding hydrogens is 953 g/mol. The average Bonchev–Trinajstić information content (AvgIpc) is 4.16. The van der Waals surface area contributed by atoms with E-state index in [-0.39, 0.29) is 5.41 Å². The summed E-state index contributed by atoms with van der Waals surface area (Å²) in [7, 11) is -1.89. The first kappa shape index (κ1) is 61.1. The Bertz CT molecular complexity index is 1980. The van der Waals surface area contributed by atoms with Crippen molar-refractivity contribution in [2.75, 3.05) is 0 Å². The van der Waals surface area contributed by atoms with Gasteiger partial charge in [-0.05, 0) is 81.5 Å². The SMILES string of the molecule is CCCCCCCCCCC(O)(CCCCCCCCCC)C1=C(c2cc3sccc3s2)C(CCCCCCCCCC)(CCCCCCCCCC)c2c1sc1cc([Si](C(C)C)(C(C)C)C(C)C)sc21. The number of hydrogen-bond acceptors (Lipinski definition) is 5. The van der Waals surface area contributed by atoms with Gasteiger partial charge in [-0.1, -0.05) is 275 Å². The molecule has 1 aliphatic carbocycles. The van der Waals surface area contributed by atoms with Gasteiger partial charge in [-0.2, -0.15) is 0 Å². The lowest BCUT2D eigenvalue weighted by atomic mass is 9.68. The van der Waals surface area contributed by atoms with Crippen molar-refractivity contribution >= 4 is 87.9 Å². The van der Waals surface area contributed by atoms with Crippen molar-refractivity contribution in [2.45, 2.75) is 328 Å². The standard InChI is InChI=1S/C65H110OS4Si/c1-11-15-19-23-27-31-35-39-44-64(45-40-36-32-28-24-20-16-12-2)59(56-49-55-54(68-56)43-48-67-55)60(63-61(64)62-57(69-63)50-58(70-62)71(51(5)6,52(7)8)53(9)10)65(66,46-41-37-33-29-25-21-17-13-3)47-42-38-34-30-26-22-18-14-4/h43,48-53,66H,11-42,44-47H2,1-10H3. The summed E-state index contributed by atoms with van der Waals surface area (Å²) in [4.78, 5) is 3.02. The molecule has 0 unspecified atom stereocenters. The van der Waals surface area contributed by atoms with Crippen LogP contribution in [0.1, 0.15) is 316 Å². The molecule has 0 aromatic carbocycles. The Balaban J connectivity index is 1.71. The predicted octanol–water partition coefficient (Wildman–Crippen LogP) is 24.1. The van der Waals surface area contributed by atoms with E-state index in [4.69, 9.17) is 0 Å². The first-order chi connectivity index (χ1) is 34.5. The van der Waals surface area contributed by atoms with E-state index in [1.165, 1.54) is 230 Å². The van der Waals surface area contributed by atoms with Gasteiger partial charge in [0.15, 0.2) is 0 Å². The molecule has 1 aliphatic rings. The lowest BCUT2D eigenvalue weighted by Gasteiger charge is -2.42. The van der Waals surface area contributed by atoms with Gasteiger partial charge in [-0.15, -0.1) is 45.3 Å². The van der Waals surface area contributed by atoms with E-state index >= 15 is 0 Å². The molecule has 404 valence electrons. The molecule has 0 bridgehead atoms. The Hall–Kier alpha value is -0.763. The van der Waals surface area contributed by atoms with Crippen LogP contribution >= 0.6 is 45.3 Å². The van der Waals surface area contributed by atoms with Gasteiger partial charge in [0.25, 0.3) is 0 Å². The smallest absolute Gasteiger partial charge is 0.107 e. The third-order valence-electron chi connectivity index (χ3n) is 17.7. The predicted molar refractivity (Wildman–Crippen MR) is 332 cm³/mol. The minimum Gasteiger partial charge on any atom is -0.385 e. The number of allylic oxidation sites excluding steroid dienone is 1. The number of rotatable bonds is 42. The second kappa shape index (κ2) is 32.1. The van der Waals surface area contributed by atoms with Crippen molar-refractivity contribution in [3.05, 3.63) is 38.9 Å². The Morgan fingerprint density at radius 2 is 0.887 bits per heavy atom. The van der Waals surface area contributed by atoms with Crippen LogP contribution in [-0.2, 0) is 5.41 Å². The lowest BCUT2D eigenvalue weighted by molar-refractivity contribution is 0.0772. The first-order valence-electron chi connectivity index (χ1n) is 31.0. The van der Waals surface area contributed by atoms with Crippen LogP contribution in [-0.4, -0.2) is 18.8 Å². The van der Waals surface area contributed by atoms with Crippen molar-refractivity contribution in [1.82, 2.24) is 0 Å². The highest BCUT2D eigenvalue weighted by Gasteiger charge is 2.54. The quantitative estimate of drug-likeness (QED) is 0.0346. The van der Waals surface area contributed by atoms with Crippen LogP contribution < -0.4 is 4.50 Å². The van der Waals surface area contributed by atoms with E-state index in [1.807, 2.05) is 11.3 Å². The third kappa shape index (κ3) is 16.1. The van der Waals surface area contributed by atoms with E-state index in [1.54, 1.807) is 25.0 Å². The van der Waals surface area contributed by atoms with Crippen molar-refractivity contribution in [2.24, 2.45) is 0 Å². The maximum Gasteiger partial charge on any atom is 0.107 e. The second-order valence-corrected chi connectivity index (χ2v) is 34.4. The molecule has 4 aromatic rings. The Morgan fingerprint density at radius 1 is 0.479 bits per heavy atom. The molecule has 1 nitrogen and oxygen atoms in total. The normalized spacial score (nSPS) is 14.3. The molecule has 0 spiro atoms. The number of fused-ring (bicyclic) bond motifs is 4. The lowest BCUT2D eigenvalue weighted by Crippen LogP contribution is -2.54. The zero-order chi connectivity index (χ0) is 51.1. The summed E-state index contributed by atoms with van der Waals surface area (Å²) in [5, 5.41) is 16.6. The van der Waals surface area contributed by atoms with Crippen LogP contribution in [0.5, 0.6) is 0 Å². The number of thiophene rings is 4. The monoisotopic (exact) mass is 1060 g/mol. The largest absolute Gasteiger partial charge is 0.385 e. The van der Waals surface area contributed by atoms with Crippen LogP contribution in [0.2, 0.25) is 16.6 Å². The van der Waals surface area contributed by atoms with Crippen LogP contribution in [0.3, 0.4) is 0 Å². The summed E-state index contributed by atoms with van der Waals surface area (Å²) in [5.74, 6) is 0. The van der Waals surface area contributed by atoms with E-state index in [2.05, 4.69) is 127 Å². The van der Waals surface area contributed by atoms with Crippen LogP contribution in [0, 0.1) is 0 Å². The van der Waals surface area contributed by atoms with E-state index in [0.29, 0.717) is 16.6 Å². The van der Waals surface area contributed by atoms with Gasteiger partial charge >= 0.3 is 0 Å². The summed E-state index contributed by atoms with van der Waals surface area (Å²) < 4.78 is 7.83. The third-order valence-corrected chi connectivity index (χ3v) is 30.2. The van der Waals surface area contributed by atoms with E-state index < -0.39 is 13.7 Å². The van der Waals surface area contributed by atoms with Crippen molar-refractivity contribution in [3.63, 3.8) is 0 Å². The Morgan fingerprint density at radius 3 is 1.30 bits per heavy atom. The molecule has 5 rings (SSSR count). The summed E-state index contributed by atoms with van der Waals surface area (Å²) in [5.41, 5.74) is 5.89. The van der Waals surface area contributed by atoms with E-state index in [0.717, 1.165) is 25.7 Å². The number of unbranched alkanes of at least 4 members (excludes halogenated alkanes) is 28. The molecule has 71 heavy (non-hydrogen) atoms. The summed E-state index contributed by atoms with van der Waals surface area (Å²) in [6.07, 6.45) is 46.8. The molecule has 4 aromatic heterocycles. The highest BCUT2D eigenvalue weighted by atomic mass is 32.1. The van der Waals surface area contributed by atoms with Crippen LogP contribution in [0.4, 0.5) is 0 Å². The van der Waals surface area contributed by atoms with Gasteiger partial charge in [0.2, 0.25) is 0 Å². The zero-order valence-corrected chi connectivity index (χ0v) is 52.3. The first-order valence-corrected chi connectivity index (χ1v) is 36.5. The molecule has 6 heteroatoms. The van der Waals surface area contributed by atoms with Gasteiger partial charge in [0.1, 0.15) is 8.07 Å². The van der Waals surface area contributed by atoms with Crippen LogP contribution in [0.25, 0.3) is 29.9 Å². The zero-order valence-electron chi connectivity index (χ0n) is 48.1. The molecule has 0 amide bonds. The minimum absolute atomic E-state index is 0.0767. The highest BCUT2D eigenvalue weighted by molar-refractivity contribution is 7.36. The van der Waals surface area contributed by atoms with Crippen LogP contribution in [0.15, 0.2) is 23.6 Å². The molecule has 1 N–H and O–H groups in total. The Labute approximate surface area is 456 Å². The van der Waals surface area contributed by atoms with Crippen molar-refractivity contribution in [1.29, 1.82) is 0 Å². The summed E-state index contributed by atoms with van der Waals surface area (Å²) >= 11 is 8.41. The maximum atomic E-state index is 14.2. The molecule has 4 heterocycles. The fourth-order valence-electron chi connectivity index (χ4n) is 14.0. The topological polar surface area (TPSA) is 20.2 Å².